The van der Waals surface area contributed by atoms with Crippen LogP contribution in [0.1, 0.15) is 17.0 Å². The minimum atomic E-state index is -3.43. The molecule has 9 heteroatoms. The van der Waals surface area contributed by atoms with E-state index in [9.17, 15) is 8.42 Å². The van der Waals surface area contributed by atoms with Crippen molar-refractivity contribution in [2.45, 2.75) is 24.9 Å². The van der Waals surface area contributed by atoms with Gasteiger partial charge in [0.05, 0.1) is 23.7 Å². The smallest absolute Gasteiger partial charge is 0.260 e. The molecule has 1 aliphatic rings. The summed E-state index contributed by atoms with van der Waals surface area (Å²) in [4.78, 5) is 14.3. The molecule has 0 aliphatic carbocycles. The zero-order valence-corrected chi connectivity index (χ0v) is 14.9. The van der Waals surface area contributed by atoms with Gasteiger partial charge in [0, 0.05) is 31.1 Å². The number of aryl methyl sites for hydroxylation is 1. The summed E-state index contributed by atoms with van der Waals surface area (Å²) >= 11 is 1.67. The van der Waals surface area contributed by atoms with Crippen LogP contribution >= 0.6 is 11.3 Å². The number of hydrogen-bond donors (Lipinski definition) is 1. The Balaban J connectivity index is 1.57. The first-order valence-electron chi connectivity index (χ1n) is 7.53. The molecular weight excluding hydrogens is 334 g/mol. The van der Waals surface area contributed by atoms with Gasteiger partial charge in [-0.3, -0.25) is 0 Å². The van der Waals surface area contributed by atoms with E-state index in [1.165, 1.54) is 17.4 Å². The number of aromatic nitrogens is 3. The molecule has 0 saturated carbocycles. The van der Waals surface area contributed by atoms with Crippen LogP contribution in [0.15, 0.2) is 23.1 Å². The van der Waals surface area contributed by atoms with Gasteiger partial charge in [-0.1, -0.05) is 0 Å². The van der Waals surface area contributed by atoms with Crippen LogP contribution in [0.5, 0.6) is 0 Å². The summed E-state index contributed by atoms with van der Waals surface area (Å²) in [5, 5.41) is 0.173. The lowest BCUT2D eigenvalue weighted by Gasteiger charge is -2.21. The summed E-state index contributed by atoms with van der Waals surface area (Å²) in [7, 11) is -1.36. The van der Waals surface area contributed by atoms with Gasteiger partial charge in [-0.25, -0.2) is 18.4 Å². The van der Waals surface area contributed by atoms with Gasteiger partial charge in [0.15, 0.2) is 5.03 Å². The number of imidazole rings is 1. The van der Waals surface area contributed by atoms with Gasteiger partial charge in [-0.15, -0.1) is 11.3 Å². The fourth-order valence-corrected chi connectivity index (χ4v) is 5.20. The quantitative estimate of drug-likeness (QED) is 0.845. The van der Waals surface area contributed by atoms with Gasteiger partial charge >= 0.3 is 0 Å². The van der Waals surface area contributed by atoms with E-state index < -0.39 is 10.0 Å². The molecule has 1 N–H and O–H groups in total. The molecule has 0 radical (unpaired) electrons. The van der Waals surface area contributed by atoms with E-state index in [1.807, 2.05) is 12.4 Å². The average Bonchev–Trinajstić information content (AvgIpc) is 3.22. The first-order chi connectivity index (χ1) is 11.0. The minimum Gasteiger partial charge on any atom is -0.335 e. The van der Waals surface area contributed by atoms with E-state index in [0.29, 0.717) is 19.0 Å². The zero-order chi connectivity index (χ0) is 16.4. The van der Waals surface area contributed by atoms with Crippen molar-refractivity contribution >= 4 is 21.4 Å². The maximum atomic E-state index is 12.5. The van der Waals surface area contributed by atoms with E-state index in [4.69, 9.17) is 0 Å². The van der Waals surface area contributed by atoms with Gasteiger partial charge in [0.25, 0.3) is 10.0 Å². The standard InChI is InChI=1S/C14H21N5O2S2/c1-11-13(22-10-17-11)8-18(2)6-12-3-4-19(7-12)23(20,21)14-5-15-9-16-14/h5,9-10,12H,3-4,6-8H2,1-2H3,(H,15,16). The topological polar surface area (TPSA) is 82.2 Å². The molecule has 7 nitrogen and oxygen atoms in total. The van der Waals surface area contributed by atoms with Crippen LogP contribution in [0.2, 0.25) is 0 Å². The molecule has 23 heavy (non-hydrogen) atoms. The first-order valence-corrected chi connectivity index (χ1v) is 9.85. The molecule has 0 bridgehead atoms. The highest BCUT2D eigenvalue weighted by Crippen LogP contribution is 2.24. The molecule has 1 fully saturated rings. The van der Waals surface area contributed by atoms with E-state index in [1.54, 1.807) is 15.6 Å². The van der Waals surface area contributed by atoms with Crippen molar-refractivity contribution in [3.63, 3.8) is 0 Å². The van der Waals surface area contributed by atoms with Crippen LogP contribution in [0.3, 0.4) is 0 Å². The molecule has 0 amide bonds. The SMILES string of the molecule is Cc1ncsc1CN(C)CC1CCN(S(=O)(=O)c2cnc[nH]2)C1. The lowest BCUT2D eigenvalue weighted by atomic mass is 10.1. The number of sulfonamides is 1. The second kappa shape index (κ2) is 6.68. The molecule has 1 aliphatic heterocycles. The monoisotopic (exact) mass is 355 g/mol. The molecule has 0 spiro atoms. The van der Waals surface area contributed by atoms with Crippen molar-refractivity contribution in [3.05, 3.63) is 28.6 Å². The van der Waals surface area contributed by atoms with Crippen LogP contribution in [0.25, 0.3) is 0 Å². The minimum absolute atomic E-state index is 0.173. The fraction of sp³-hybridized carbons (Fsp3) is 0.571. The number of rotatable bonds is 6. The third kappa shape index (κ3) is 3.63. The Hall–Kier alpha value is -1.29. The van der Waals surface area contributed by atoms with Gasteiger partial charge < -0.3 is 9.88 Å². The number of thiazole rings is 1. The van der Waals surface area contributed by atoms with Crippen LogP contribution in [-0.2, 0) is 16.6 Å². The Kier molecular flexibility index (Phi) is 4.81. The normalized spacial score (nSPS) is 19.7. The maximum absolute atomic E-state index is 12.5. The summed E-state index contributed by atoms with van der Waals surface area (Å²) in [5.41, 5.74) is 2.95. The summed E-state index contributed by atoms with van der Waals surface area (Å²) in [6.45, 7) is 4.90. The molecule has 1 saturated heterocycles. The van der Waals surface area contributed by atoms with Crippen molar-refractivity contribution in [2.75, 3.05) is 26.7 Å². The molecule has 126 valence electrons. The van der Waals surface area contributed by atoms with Crippen molar-refractivity contribution in [1.29, 1.82) is 0 Å². The zero-order valence-electron chi connectivity index (χ0n) is 13.3. The molecule has 0 aromatic carbocycles. The lowest BCUT2D eigenvalue weighted by molar-refractivity contribution is 0.275. The number of nitrogens with one attached hydrogen (secondary N) is 1. The van der Waals surface area contributed by atoms with Crippen LogP contribution in [-0.4, -0.2) is 59.3 Å². The van der Waals surface area contributed by atoms with Gasteiger partial charge in [-0.05, 0) is 26.3 Å². The largest absolute Gasteiger partial charge is 0.335 e. The third-order valence-electron chi connectivity index (χ3n) is 4.17. The second-order valence-corrected chi connectivity index (χ2v) is 8.84. The van der Waals surface area contributed by atoms with Gasteiger partial charge in [0.1, 0.15) is 0 Å². The van der Waals surface area contributed by atoms with Crippen molar-refractivity contribution in [3.8, 4) is 0 Å². The third-order valence-corrected chi connectivity index (χ3v) is 6.88. The Morgan fingerprint density at radius 3 is 3.00 bits per heavy atom. The Bertz CT molecular complexity index is 741. The Morgan fingerprint density at radius 1 is 1.52 bits per heavy atom. The number of aromatic amines is 1. The summed E-state index contributed by atoms with van der Waals surface area (Å²) in [6.07, 6.45) is 3.65. The number of H-pyrrole nitrogens is 1. The van der Waals surface area contributed by atoms with Crippen LogP contribution in [0.4, 0.5) is 0 Å². The predicted octanol–water partition coefficient (Wildman–Crippen LogP) is 1.32. The van der Waals surface area contributed by atoms with E-state index in [2.05, 4.69) is 26.9 Å². The van der Waals surface area contributed by atoms with Crippen LogP contribution in [0, 0.1) is 12.8 Å². The molecule has 3 heterocycles. The summed E-state index contributed by atoms with van der Waals surface area (Å²) in [6, 6.07) is 0. The predicted molar refractivity (Wildman–Crippen MR) is 88.6 cm³/mol. The van der Waals surface area contributed by atoms with E-state index >= 15 is 0 Å². The lowest BCUT2D eigenvalue weighted by Crippen LogP contribution is -2.31. The highest BCUT2D eigenvalue weighted by molar-refractivity contribution is 7.89. The molecule has 2 aromatic rings. The number of nitrogens with zero attached hydrogens (tertiary/aromatic N) is 4. The fourth-order valence-electron chi connectivity index (χ4n) is 2.92. The Labute approximate surface area is 140 Å². The second-order valence-electron chi connectivity index (χ2n) is 5.99. The summed E-state index contributed by atoms with van der Waals surface area (Å²) < 4.78 is 26.5. The number of hydrogen-bond acceptors (Lipinski definition) is 6. The molecular formula is C14H21N5O2S2. The van der Waals surface area contributed by atoms with Crippen molar-refractivity contribution in [2.24, 2.45) is 5.92 Å². The summed E-state index contributed by atoms with van der Waals surface area (Å²) in [5.74, 6) is 0.353. The molecule has 1 unspecified atom stereocenters. The first kappa shape index (κ1) is 16.6. The molecule has 3 rings (SSSR count). The maximum Gasteiger partial charge on any atom is 0.260 e. The highest BCUT2D eigenvalue weighted by Gasteiger charge is 2.33. The Morgan fingerprint density at radius 2 is 2.35 bits per heavy atom. The highest BCUT2D eigenvalue weighted by atomic mass is 32.2. The van der Waals surface area contributed by atoms with Gasteiger partial charge in [0.2, 0.25) is 0 Å². The van der Waals surface area contributed by atoms with Gasteiger partial charge in [-0.2, -0.15) is 4.31 Å². The van der Waals surface area contributed by atoms with Crippen molar-refractivity contribution < 1.29 is 8.42 Å². The van der Waals surface area contributed by atoms with Crippen molar-refractivity contribution in [1.82, 2.24) is 24.2 Å². The molecule has 1 atom stereocenters. The average molecular weight is 355 g/mol. The molecule has 2 aromatic heterocycles. The van der Waals surface area contributed by atoms with Crippen LogP contribution < -0.4 is 0 Å². The van der Waals surface area contributed by atoms with E-state index in [0.717, 1.165) is 25.2 Å². The van der Waals surface area contributed by atoms with E-state index in [-0.39, 0.29) is 5.03 Å².